The molecule has 1 aliphatic carbocycles. The highest BCUT2D eigenvalue weighted by molar-refractivity contribution is 9.09. The van der Waals surface area contributed by atoms with Crippen molar-refractivity contribution in [2.24, 2.45) is 17.1 Å². The first-order chi connectivity index (χ1) is 7.19. The molecule has 1 amide bonds. The van der Waals surface area contributed by atoms with Gasteiger partial charge in [-0.3, -0.25) is 4.79 Å². The summed E-state index contributed by atoms with van der Waals surface area (Å²) in [7, 11) is 0. The highest BCUT2D eigenvalue weighted by Gasteiger charge is 2.44. The van der Waals surface area contributed by atoms with Crippen molar-refractivity contribution in [3.05, 3.63) is 0 Å². The van der Waals surface area contributed by atoms with Gasteiger partial charge in [0.2, 0.25) is 5.91 Å². The van der Waals surface area contributed by atoms with Gasteiger partial charge in [0.1, 0.15) is 0 Å². The molecule has 0 aromatic carbocycles. The number of likely N-dealkylation sites (tertiary alicyclic amines) is 1. The number of carbonyl (C=O) groups excluding carboxylic acids is 1. The van der Waals surface area contributed by atoms with E-state index in [4.69, 9.17) is 5.73 Å². The van der Waals surface area contributed by atoms with Crippen LogP contribution in [0.25, 0.3) is 0 Å². The van der Waals surface area contributed by atoms with Crippen LogP contribution in [0.1, 0.15) is 25.7 Å². The van der Waals surface area contributed by atoms with Crippen molar-refractivity contribution in [2.45, 2.75) is 25.7 Å². The van der Waals surface area contributed by atoms with Gasteiger partial charge in [0.05, 0.1) is 6.54 Å². The molecule has 2 rings (SSSR count). The first-order valence-corrected chi connectivity index (χ1v) is 6.85. The molecule has 86 valence electrons. The smallest absolute Gasteiger partial charge is 0.236 e. The zero-order valence-electron chi connectivity index (χ0n) is 9.04. The maximum atomic E-state index is 11.5. The molecule has 1 heterocycles. The monoisotopic (exact) mass is 274 g/mol. The van der Waals surface area contributed by atoms with Crippen LogP contribution >= 0.6 is 15.9 Å². The Morgan fingerprint density at radius 3 is 2.93 bits per heavy atom. The average Bonchev–Trinajstić information content (AvgIpc) is 2.86. The zero-order chi connectivity index (χ0) is 10.9. The van der Waals surface area contributed by atoms with Crippen LogP contribution in [0.2, 0.25) is 0 Å². The van der Waals surface area contributed by atoms with E-state index in [0.29, 0.717) is 5.41 Å². The Morgan fingerprint density at radius 2 is 2.33 bits per heavy atom. The topological polar surface area (TPSA) is 46.3 Å². The predicted octanol–water partition coefficient (Wildman–Crippen LogP) is 1.36. The maximum absolute atomic E-state index is 11.5. The van der Waals surface area contributed by atoms with Gasteiger partial charge in [-0.05, 0) is 37.0 Å². The summed E-state index contributed by atoms with van der Waals surface area (Å²) in [6, 6.07) is 0. The Hall–Kier alpha value is -0.0900. The van der Waals surface area contributed by atoms with E-state index in [0.717, 1.165) is 24.3 Å². The summed E-state index contributed by atoms with van der Waals surface area (Å²) in [5.41, 5.74) is 5.83. The summed E-state index contributed by atoms with van der Waals surface area (Å²) in [6.45, 7) is 2.04. The fourth-order valence-electron chi connectivity index (χ4n) is 3.11. The van der Waals surface area contributed by atoms with Gasteiger partial charge in [-0.2, -0.15) is 0 Å². The molecular formula is C11H19BrN2O. The summed E-state index contributed by atoms with van der Waals surface area (Å²) in [5, 5.41) is 1.11. The first kappa shape index (κ1) is 11.4. The molecule has 0 aromatic rings. The number of halogens is 1. The second-order valence-electron chi connectivity index (χ2n) is 5.03. The lowest BCUT2D eigenvalue weighted by Crippen LogP contribution is -2.35. The van der Waals surface area contributed by atoms with E-state index in [9.17, 15) is 4.79 Å². The molecule has 2 fully saturated rings. The average molecular weight is 275 g/mol. The minimum Gasteiger partial charge on any atom is -0.341 e. The largest absolute Gasteiger partial charge is 0.341 e. The van der Waals surface area contributed by atoms with Crippen LogP contribution in [0.4, 0.5) is 0 Å². The summed E-state index contributed by atoms with van der Waals surface area (Å²) in [6.07, 6.45) is 5.07. The predicted molar refractivity (Wildman–Crippen MR) is 63.8 cm³/mol. The molecule has 15 heavy (non-hydrogen) atoms. The second kappa shape index (κ2) is 4.42. The molecule has 2 atom stereocenters. The zero-order valence-corrected chi connectivity index (χ0v) is 10.6. The molecule has 4 heteroatoms. The van der Waals surface area contributed by atoms with Crippen molar-refractivity contribution < 1.29 is 4.79 Å². The molecule has 0 radical (unpaired) electrons. The molecule has 2 N–H and O–H groups in total. The van der Waals surface area contributed by atoms with Crippen LogP contribution in [-0.2, 0) is 4.79 Å². The third kappa shape index (κ3) is 2.21. The molecule has 1 saturated heterocycles. The van der Waals surface area contributed by atoms with Crippen LogP contribution in [-0.4, -0.2) is 35.8 Å². The number of nitrogens with two attached hydrogens (primary N) is 1. The molecular weight excluding hydrogens is 256 g/mol. The number of carbonyl (C=O) groups is 1. The lowest BCUT2D eigenvalue weighted by Gasteiger charge is -2.23. The SMILES string of the molecule is NCC(=O)N1CC[C@]2(CC[C@H](CBr)C2)C1. The minimum atomic E-state index is 0.120. The van der Waals surface area contributed by atoms with Gasteiger partial charge >= 0.3 is 0 Å². The number of hydrogen-bond acceptors (Lipinski definition) is 2. The van der Waals surface area contributed by atoms with Crippen LogP contribution < -0.4 is 5.73 Å². The highest BCUT2D eigenvalue weighted by Crippen LogP contribution is 2.48. The quantitative estimate of drug-likeness (QED) is 0.773. The van der Waals surface area contributed by atoms with Gasteiger partial charge in [0.25, 0.3) is 0 Å². The molecule has 1 saturated carbocycles. The summed E-state index contributed by atoms with van der Waals surface area (Å²) in [5.74, 6) is 0.937. The summed E-state index contributed by atoms with van der Waals surface area (Å²) < 4.78 is 0. The fraction of sp³-hybridized carbons (Fsp3) is 0.909. The standard InChI is InChI=1S/C11H19BrN2O/c12-6-9-1-2-11(5-9)3-4-14(8-11)10(15)7-13/h9H,1-8,13H2/t9-,11-/m0/s1. The first-order valence-electron chi connectivity index (χ1n) is 5.73. The normalized spacial score (nSPS) is 35.3. The van der Waals surface area contributed by atoms with Gasteiger partial charge < -0.3 is 10.6 Å². The Balaban J connectivity index is 1.94. The van der Waals surface area contributed by atoms with Crippen molar-refractivity contribution in [3.8, 4) is 0 Å². The Labute approximate surface area is 99.5 Å². The van der Waals surface area contributed by atoms with Gasteiger partial charge in [-0.1, -0.05) is 15.9 Å². The Bertz CT molecular complexity index is 259. The number of alkyl halides is 1. The highest BCUT2D eigenvalue weighted by atomic mass is 79.9. The molecule has 0 aromatic heterocycles. The maximum Gasteiger partial charge on any atom is 0.236 e. The number of hydrogen-bond donors (Lipinski definition) is 1. The molecule has 2 aliphatic rings. The summed E-state index contributed by atoms with van der Waals surface area (Å²) in [4.78, 5) is 13.5. The van der Waals surface area contributed by atoms with Crippen molar-refractivity contribution in [1.82, 2.24) is 4.90 Å². The lowest BCUT2D eigenvalue weighted by molar-refractivity contribution is -0.129. The van der Waals surface area contributed by atoms with Crippen LogP contribution in [0.15, 0.2) is 0 Å². The number of rotatable bonds is 2. The Morgan fingerprint density at radius 1 is 1.53 bits per heavy atom. The minimum absolute atomic E-state index is 0.120. The van der Waals surface area contributed by atoms with E-state index in [2.05, 4.69) is 15.9 Å². The van der Waals surface area contributed by atoms with Gasteiger partial charge in [-0.25, -0.2) is 0 Å². The number of amides is 1. The third-order valence-electron chi connectivity index (χ3n) is 3.99. The molecule has 3 nitrogen and oxygen atoms in total. The van der Waals surface area contributed by atoms with E-state index in [-0.39, 0.29) is 12.5 Å². The molecule has 0 bridgehead atoms. The van der Waals surface area contributed by atoms with E-state index in [1.807, 2.05) is 4.90 Å². The van der Waals surface area contributed by atoms with Gasteiger partial charge in [0, 0.05) is 18.4 Å². The van der Waals surface area contributed by atoms with Crippen molar-refractivity contribution in [3.63, 3.8) is 0 Å². The second-order valence-corrected chi connectivity index (χ2v) is 5.68. The van der Waals surface area contributed by atoms with E-state index in [1.165, 1.54) is 25.7 Å². The van der Waals surface area contributed by atoms with Crippen LogP contribution in [0.3, 0.4) is 0 Å². The fourth-order valence-corrected chi connectivity index (χ4v) is 3.66. The van der Waals surface area contributed by atoms with E-state index >= 15 is 0 Å². The van der Waals surface area contributed by atoms with Gasteiger partial charge in [-0.15, -0.1) is 0 Å². The van der Waals surface area contributed by atoms with Crippen molar-refractivity contribution in [2.75, 3.05) is 25.0 Å². The van der Waals surface area contributed by atoms with Crippen LogP contribution in [0.5, 0.6) is 0 Å². The van der Waals surface area contributed by atoms with Crippen molar-refractivity contribution >= 4 is 21.8 Å². The van der Waals surface area contributed by atoms with E-state index in [1.54, 1.807) is 0 Å². The molecule has 0 unspecified atom stereocenters. The summed E-state index contributed by atoms with van der Waals surface area (Å²) >= 11 is 3.56. The van der Waals surface area contributed by atoms with Crippen LogP contribution in [0, 0.1) is 11.3 Å². The van der Waals surface area contributed by atoms with Crippen molar-refractivity contribution in [1.29, 1.82) is 0 Å². The Kier molecular flexibility index (Phi) is 3.36. The molecule has 1 aliphatic heterocycles. The van der Waals surface area contributed by atoms with E-state index < -0.39 is 0 Å². The van der Waals surface area contributed by atoms with Gasteiger partial charge in [0.15, 0.2) is 0 Å². The lowest BCUT2D eigenvalue weighted by atomic mass is 9.85. The molecule has 1 spiro atoms. The number of nitrogens with zero attached hydrogens (tertiary/aromatic N) is 1. The third-order valence-corrected chi connectivity index (χ3v) is 4.90.